The van der Waals surface area contributed by atoms with Gasteiger partial charge in [0.15, 0.2) is 0 Å². The van der Waals surface area contributed by atoms with E-state index in [1.54, 1.807) is 0 Å². The second-order valence-corrected chi connectivity index (χ2v) is 6.58. The van der Waals surface area contributed by atoms with Crippen LogP contribution in [0.15, 0.2) is 60.7 Å². The Morgan fingerprint density at radius 3 is 1.42 bits per heavy atom. The number of rotatable bonds is 4. The smallest absolute Gasteiger partial charge is 0.0938 e. The summed E-state index contributed by atoms with van der Waals surface area (Å²) in [7, 11) is 0. The molecule has 24 heavy (non-hydrogen) atoms. The van der Waals surface area contributed by atoms with Crippen LogP contribution in [0, 0.1) is 0 Å². The highest BCUT2D eigenvalue weighted by molar-refractivity contribution is 5.15. The summed E-state index contributed by atoms with van der Waals surface area (Å²) < 4.78 is 0. The Morgan fingerprint density at radius 1 is 0.667 bits per heavy atom. The van der Waals surface area contributed by atoms with Crippen LogP contribution >= 0.6 is 0 Å². The minimum Gasteiger partial charge on any atom is -0.389 e. The molecule has 4 heteroatoms. The first kappa shape index (κ1) is 17.1. The average Bonchev–Trinajstić information content (AvgIpc) is 2.60. The Balaban J connectivity index is 1.65. The van der Waals surface area contributed by atoms with Gasteiger partial charge in [0.1, 0.15) is 0 Å². The minimum absolute atomic E-state index is 0.509. The molecule has 0 saturated carbocycles. The maximum Gasteiger partial charge on any atom is 0.0938 e. The first-order valence-corrected chi connectivity index (χ1v) is 8.59. The Labute approximate surface area is 144 Å². The first-order valence-electron chi connectivity index (χ1n) is 8.59. The van der Waals surface area contributed by atoms with Crippen molar-refractivity contribution in [2.45, 2.75) is 25.3 Å². The van der Waals surface area contributed by atoms with Gasteiger partial charge in [0.2, 0.25) is 0 Å². The van der Waals surface area contributed by atoms with Gasteiger partial charge in [0, 0.05) is 39.3 Å². The maximum absolute atomic E-state index is 10.3. The highest BCUT2D eigenvalue weighted by atomic mass is 16.3. The van der Waals surface area contributed by atoms with Crippen molar-refractivity contribution >= 4 is 0 Å². The van der Waals surface area contributed by atoms with E-state index in [2.05, 4.69) is 34.1 Å². The lowest BCUT2D eigenvalue weighted by Crippen LogP contribution is -2.50. The lowest BCUT2D eigenvalue weighted by Gasteiger charge is -2.35. The Kier molecular flexibility index (Phi) is 5.99. The van der Waals surface area contributed by atoms with E-state index >= 15 is 0 Å². The fourth-order valence-corrected chi connectivity index (χ4v) is 3.21. The van der Waals surface area contributed by atoms with Gasteiger partial charge in [-0.05, 0) is 11.1 Å². The molecule has 1 aliphatic rings. The molecule has 0 spiro atoms. The lowest BCUT2D eigenvalue weighted by atomic mass is 10.1. The third-order valence-electron chi connectivity index (χ3n) is 4.57. The van der Waals surface area contributed by atoms with Gasteiger partial charge in [-0.15, -0.1) is 0 Å². The fraction of sp³-hybridized carbons (Fsp3) is 0.400. The largest absolute Gasteiger partial charge is 0.389 e. The van der Waals surface area contributed by atoms with Gasteiger partial charge in [0.25, 0.3) is 0 Å². The molecule has 0 aliphatic carbocycles. The lowest BCUT2D eigenvalue weighted by molar-refractivity contribution is -0.0379. The molecule has 0 amide bonds. The standard InChI is InChI=1S/C20H26N2O2/c23-19-15-21(13-17-7-3-1-4-8-17)11-12-22(16-20(19)24)14-18-9-5-2-6-10-18/h1-10,19-20,23-24H,11-16H2/t19-,20-/m1/s1. The quantitative estimate of drug-likeness (QED) is 0.898. The number of hydrogen-bond donors (Lipinski definition) is 2. The topological polar surface area (TPSA) is 46.9 Å². The van der Waals surface area contributed by atoms with Crippen molar-refractivity contribution in [3.63, 3.8) is 0 Å². The molecule has 128 valence electrons. The van der Waals surface area contributed by atoms with Crippen LogP contribution in [0.5, 0.6) is 0 Å². The van der Waals surface area contributed by atoms with Crippen LogP contribution in [0.4, 0.5) is 0 Å². The maximum atomic E-state index is 10.3. The van der Waals surface area contributed by atoms with Gasteiger partial charge >= 0.3 is 0 Å². The van der Waals surface area contributed by atoms with E-state index in [1.807, 2.05) is 36.4 Å². The predicted molar refractivity (Wildman–Crippen MR) is 95.5 cm³/mol. The first-order chi connectivity index (χ1) is 11.7. The van der Waals surface area contributed by atoms with Crippen LogP contribution in [0.3, 0.4) is 0 Å². The zero-order valence-electron chi connectivity index (χ0n) is 14.0. The number of benzene rings is 2. The summed E-state index contributed by atoms with van der Waals surface area (Å²) in [5, 5.41) is 20.6. The average molecular weight is 326 g/mol. The Bertz CT molecular complexity index is 550. The molecule has 4 nitrogen and oxygen atoms in total. The van der Waals surface area contributed by atoms with Crippen molar-refractivity contribution in [2.75, 3.05) is 26.2 Å². The van der Waals surface area contributed by atoms with E-state index in [4.69, 9.17) is 0 Å². The molecule has 0 radical (unpaired) electrons. The van der Waals surface area contributed by atoms with Gasteiger partial charge in [-0.2, -0.15) is 0 Å². The third kappa shape index (κ3) is 4.89. The molecule has 0 unspecified atom stereocenters. The summed E-state index contributed by atoms with van der Waals surface area (Å²) in [5.74, 6) is 0. The molecular weight excluding hydrogens is 300 g/mol. The molecule has 1 saturated heterocycles. The molecule has 0 bridgehead atoms. The molecule has 3 rings (SSSR count). The summed E-state index contributed by atoms with van der Waals surface area (Å²) in [6.07, 6.45) is -1.43. The monoisotopic (exact) mass is 326 g/mol. The van der Waals surface area contributed by atoms with Crippen LogP contribution in [-0.2, 0) is 13.1 Å². The number of aliphatic hydroxyl groups excluding tert-OH is 2. The van der Waals surface area contributed by atoms with Crippen molar-refractivity contribution in [1.82, 2.24) is 9.80 Å². The number of aliphatic hydroxyl groups is 2. The van der Waals surface area contributed by atoms with Gasteiger partial charge < -0.3 is 10.2 Å². The van der Waals surface area contributed by atoms with E-state index < -0.39 is 12.2 Å². The zero-order valence-corrected chi connectivity index (χ0v) is 14.0. The second kappa shape index (κ2) is 8.40. The Hall–Kier alpha value is -1.72. The van der Waals surface area contributed by atoms with E-state index in [1.165, 1.54) is 11.1 Å². The molecule has 2 atom stereocenters. The van der Waals surface area contributed by atoms with Gasteiger partial charge in [-0.1, -0.05) is 60.7 Å². The molecule has 2 aromatic rings. The number of β-amino-alcohol motifs (C(OH)–C–C–N with tert-alkyl or cyclic N) is 2. The molecule has 1 heterocycles. The summed E-state index contributed by atoms with van der Waals surface area (Å²) in [4.78, 5) is 4.45. The normalized spacial score (nSPS) is 23.6. The highest BCUT2D eigenvalue weighted by Gasteiger charge is 2.25. The predicted octanol–water partition coefficient (Wildman–Crippen LogP) is 1.73. The minimum atomic E-state index is -0.715. The van der Waals surface area contributed by atoms with Crippen molar-refractivity contribution in [3.8, 4) is 0 Å². The van der Waals surface area contributed by atoms with Gasteiger partial charge in [0.05, 0.1) is 12.2 Å². The van der Waals surface area contributed by atoms with Crippen molar-refractivity contribution in [2.24, 2.45) is 0 Å². The molecule has 2 aromatic carbocycles. The van der Waals surface area contributed by atoms with Crippen LogP contribution < -0.4 is 0 Å². The molecule has 1 fully saturated rings. The SMILES string of the molecule is O[C@@H]1CN(Cc2ccccc2)CCN(Cc2ccccc2)C[C@H]1O. The van der Waals surface area contributed by atoms with E-state index in [-0.39, 0.29) is 0 Å². The molecule has 0 aromatic heterocycles. The molecule has 1 aliphatic heterocycles. The summed E-state index contributed by atoms with van der Waals surface area (Å²) >= 11 is 0. The van der Waals surface area contributed by atoms with E-state index in [9.17, 15) is 10.2 Å². The van der Waals surface area contributed by atoms with Crippen molar-refractivity contribution in [1.29, 1.82) is 0 Å². The summed E-state index contributed by atoms with van der Waals surface area (Å²) in [6, 6.07) is 20.6. The summed E-state index contributed by atoms with van der Waals surface area (Å²) in [6.45, 7) is 4.37. The highest BCUT2D eigenvalue weighted by Crippen LogP contribution is 2.13. The van der Waals surface area contributed by atoms with Crippen LogP contribution in [0.25, 0.3) is 0 Å². The number of hydrogen-bond acceptors (Lipinski definition) is 4. The van der Waals surface area contributed by atoms with Crippen LogP contribution in [0.1, 0.15) is 11.1 Å². The van der Waals surface area contributed by atoms with Crippen molar-refractivity contribution < 1.29 is 10.2 Å². The van der Waals surface area contributed by atoms with E-state index in [0.717, 1.165) is 26.2 Å². The van der Waals surface area contributed by atoms with Gasteiger partial charge in [-0.3, -0.25) is 9.80 Å². The van der Waals surface area contributed by atoms with Crippen LogP contribution in [0.2, 0.25) is 0 Å². The third-order valence-corrected chi connectivity index (χ3v) is 4.57. The molecule has 2 N–H and O–H groups in total. The fourth-order valence-electron chi connectivity index (χ4n) is 3.21. The van der Waals surface area contributed by atoms with Gasteiger partial charge in [-0.25, -0.2) is 0 Å². The zero-order chi connectivity index (χ0) is 16.8. The second-order valence-electron chi connectivity index (χ2n) is 6.58. The Morgan fingerprint density at radius 2 is 1.04 bits per heavy atom. The van der Waals surface area contributed by atoms with Crippen molar-refractivity contribution in [3.05, 3.63) is 71.8 Å². The summed E-state index contributed by atoms with van der Waals surface area (Å²) in [5.41, 5.74) is 2.46. The number of nitrogens with zero attached hydrogens (tertiary/aromatic N) is 2. The van der Waals surface area contributed by atoms with Crippen LogP contribution in [-0.4, -0.2) is 58.4 Å². The van der Waals surface area contributed by atoms with E-state index in [0.29, 0.717) is 13.1 Å². The molecular formula is C20H26N2O2.